The average Bonchev–Trinajstić information content (AvgIpc) is 2.29. The maximum atomic E-state index is 12.9. The van der Waals surface area contributed by atoms with E-state index in [0.29, 0.717) is 0 Å². The largest absolute Gasteiger partial charge is 0.507 e. The molecular formula is C11H4F8O2. The molecule has 0 aliphatic heterocycles. The van der Waals surface area contributed by atoms with Crippen molar-refractivity contribution in [3.63, 3.8) is 0 Å². The lowest BCUT2D eigenvalue weighted by molar-refractivity contribution is -0.165. The summed E-state index contributed by atoms with van der Waals surface area (Å²) in [6, 6.07) is -0.500. The van der Waals surface area contributed by atoms with Crippen molar-refractivity contribution < 1.29 is 45.0 Å². The van der Waals surface area contributed by atoms with Gasteiger partial charge in [0, 0.05) is 11.6 Å². The van der Waals surface area contributed by atoms with Crippen molar-refractivity contribution in [2.24, 2.45) is 0 Å². The summed E-state index contributed by atoms with van der Waals surface area (Å²) in [5, 5.41) is 9.16. The molecule has 2 nitrogen and oxygen atoms in total. The molecule has 1 rings (SSSR count). The standard InChI is InChI=1S/C11H4F8O2/c12-6-1-4(5(2-7(6)13)10(14,15)16)8(20)3-9(21)11(17,18)19/h1-3,20H/b8-3-. The summed E-state index contributed by atoms with van der Waals surface area (Å²) in [6.07, 6.45) is -11.3. The summed E-state index contributed by atoms with van der Waals surface area (Å²) >= 11 is 0. The van der Waals surface area contributed by atoms with E-state index in [1.807, 2.05) is 0 Å². The van der Waals surface area contributed by atoms with Crippen LogP contribution in [0.25, 0.3) is 5.76 Å². The van der Waals surface area contributed by atoms with Crippen molar-refractivity contribution >= 4 is 11.5 Å². The SMILES string of the molecule is O=C(/C=C(\O)c1cc(F)c(F)cc1C(F)(F)F)C(F)(F)F. The van der Waals surface area contributed by atoms with E-state index in [1.54, 1.807) is 0 Å². The third-order valence-electron chi connectivity index (χ3n) is 2.19. The second-order valence-corrected chi connectivity index (χ2v) is 3.70. The van der Waals surface area contributed by atoms with E-state index < -0.39 is 52.7 Å². The number of allylic oxidation sites excluding steroid dienone is 1. The van der Waals surface area contributed by atoms with Gasteiger partial charge in [0.1, 0.15) is 5.76 Å². The quantitative estimate of drug-likeness (QED) is 0.508. The van der Waals surface area contributed by atoms with Crippen LogP contribution in [0.1, 0.15) is 11.1 Å². The Balaban J connectivity index is 3.46. The Kier molecular flexibility index (Phi) is 4.30. The molecule has 0 atom stereocenters. The molecule has 0 bridgehead atoms. The average molecular weight is 320 g/mol. The van der Waals surface area contributed by atoms with Gasteiger partial charge in [-0.25, -0.2) is 8.78 Å². The zero-order chi connectivity index (χ0) is 16.6. The molecule has 0 aliphatic rings. The van der Waals surface area contributed by atoms with Crippen molar-refractivity contribution in [3.8, 4) is 0 Å². The van der Waals surface area contributed by atoms with Gasteiger partial charge in [0.2, 0.25) is 0 Å². The Bertz CT molecular complexity index is 597. The number of carbonyl (C=O) groups is 1. The zero-order valence-electron chi connectivity index (χ0n) is 9.61. The number of alkyl halides is 6. The lowest BCUT2D eigenvalue weighted by atomic mass is 10.0. The Hall–Kier alpha value is -2.13. The first-order valence-electron chi connectivity index (χ1n) is 4.92. The summed E-state index contributed by atoms with van der Waals surface area (Å²) in [6.45, 7) is 0. The number of halogens is 8. The Morgan fingerprint density at radius 3 is 1.90 bits per heavy atom. The highest BCUT2D eigenvalue weighted by atomic mass is 19.4. The number of aliphatic hydroxyl groups is 1. The summed E-state index contributed by atoms with van der Waals surface area (Å²) in [4.78, 5) is 10.6. The van der Waals surface area contributed by atoms with E-state index in [9.17, 15) is 39.9 Å². The van der Waals surface area contributed by atoms with E-state index in [2.05, 4.69) is 0 Å². The number of rotatable bonds is 2. The Labute approximate surface area is 111 Å². The van der Waals surface area contributed by atoms with Gasteiger partial charge in [0.15, 0.2) is 11.6 Å². The van der Waals surface area contributed by atoms with Crippen LogP contribution < -0.4 is 0 Å². The predicted molar refractivity (Wildman–Crippen MR) is 53.0 cm³/mol. The molecular weight excluding hydrogens is 316 g/mol. The van der Waals surface area contributed by atoms with Crippen LogP contribution >= 0.6 is 0 Å². The molecule has 10 heteroatoms. The minimum absolute atomic E-state index is 0.159. The second kappa shape index (κ2) is 5.34. The first-order chi connectivity index (χ1) is 9.34. The monoisotopic (exact) mass is 320 g/mol. The summed E-state index contributed by atoms with van der Waals surface area (Å²) < 4.78 is 99.2. The number of benzene rings is 1. The fourth-order valence-electron chi connectivity index (χ4n) is 1.28. The smallest absolute Gasteiger partial charge is 0.454 e. The van der Waals surface area contributed by atoms with Crippen LogP contribution in [0, 0.1) is 11.6 Å². The lowest BCUT2D eigenvalue weighted by Crippen LogP contribution is -2.21. The highest BCUT2D eigenvalue weighted by Crippen LogP contribution is 2.36. The van der Waals surface area contributed by atoms with Crippen molar-refractivity contribution in [2.45, 2.75) is 12.4 Å². The Morgan fingerprint density at radius 1 is 1.00 bits per heavy atom. The maximum absolute atomic E-state index is 12.9. The summed E-state index contributed by atoms with van der Waals surface area (Å²) in [5.41, 5.74) is -3.41. The Morgan fingerprint density at radius 2 is 1.48 bits per heavy atom. The fraction of sp³-hybridized carbons (Fsp3) is 0.182. The van der Waals surface area contributed by atoms with E-state index in [1.165, 1.54) is 0 Å². The first kappa shape index (κ1) is 16.9. The minimum atomic E-state index is -5.44. The normalized spacial score (nSPS) is 13.4. The van der Waals surface area contributed by atoms with Gasteiger partial charge in [0.25, 0.3) is 5.78 Å². The van der Waals surface area contributed by atoms with Crippen LogP contribution in [0.15, 0.2) is 18.2 Å². The van der Waals surface area contributed by atoms with Gasteiger partial charge in [-0.2, -0.15) is 26.3 Å². The molecule has 0 heterocycles. The van der Waals surface area contributed by atoms with Crippen molar-refractivity contribution in [1.82, 2.24) is 0 Å². The number of ketones is 1. The molecule has 0 saturated carbocycles. The summed E-state index contributed by atoms with van der Waals surface area (Å²) in [5.74, 6) is -8.19. The van der Waals surface area contributed by atoms with Crippen molar-refractivity contribution in [2.75, 3.05) is 0 Å². The van der Waals surface area contributed by atoms with Gasteiger partial charge in [-0.15, -0.1) is 0 Å². The van der Waals surface area contributed by atoms with Crippen molar-refractivity contribution in [1.29, 1.82) is 0 Å². The number of hydrogen-bond donors (Lipinski definition) is 1. The molecule has 0 spiro atoms. The molecule has 1 aromatic rings. The first-order valence-corrected chi connectivity index (χ1v) is 4.92. The molecule has 1 aromatic carbocycles. The van der Waals surface area contributed by atoms with E-state index in [0.717, 1.165) is 0 Å². The minimum Gasteiger partial charge on any atom is -0.507 e. The lowest BCUT2D eigenvalue weighted by Gasteiger charge is -2.13. The van der Waals surface area contributed by atoms with Gasteiger partial charge in [-0.1, -0.05) is 0 Å². The molecule has 1 N–H and O–H groups in total. The zero-order valence-corrected chi connectivity index (χ0v) is 9.61. The van der Waals surface area contributed by atoms with Gasteiger partial charge in [-0.3, -0.25) is 4.79 Å². The number of aliphatic hydroxyl groups excluding tert-OH is 1. The van der Waals surface area contributed by atoms with E-state index in [-0.39, 0.29) is 12.1 Å². The molecule has 21 heavy (non-hydrogen) atoms. The highest BCUT2D eigenvalue weighted by molar-refractivity contribution is 5.99. The molecule has 0 radical (unpaired) electrons. The molecule has 0 amide bonds. The predicted octanol–water partition coefficient (Wildman–Crippen LogP) is 4.01. The van der Waals surface area contributed by atoms with Crippen LogP contribution in [0.5, 0.6) is 0 Å². The molecule has 0 aromatic heterocycles. The van der Waals surface area contributed by atoms with Gasteiger partial charge < -0.3 is 5.11 Å². The molecule has 0 fully saturated rings. The topological polar surface area (TPSA) is 37.3 Å². The van der Waals surface area contributed by atoms with E-state index >= 15 is 0 Å². The van der Waals surface area contributed by atoms with Crippen LogP contribution in [0.4, 0.5) is 35.1 Å². The second-order valence-electron chi connectivity index (χ2n) is 3.70. The van der Waals surface area contributed by atoms with Crippen LogP contribution in [0.3, 0.4) is 0 Å². The van der Waals surface area contributed by atoms with Crippen LogP contribution in [0.2, 0.25) is 0 Å². The fourth-order valence-corrected chi connectivity index (χ4v) is 1.28. The van der Waals surface area contributed by atoms with Gasteiger partial charge >= 0.3 is 12.4 Å². The third kappa shape index (κ3) is 3.92. The molecule has 116 valence electrons. The van der Waals surface area contributed by atoms with Gasteiger partial charge in [0.05, 0.1) is 5.56 Å². The third-order valence-corrected chi connectivity index (χ3v) is 2.19. The maximum Gasteiger partial charge on any atom is 0.454 e. The van der Waals surface area contributed by atoms with Gasteiger partial charge in [-0.05, 0) is 12.1 Å². The van der Waals surface area contributed by atoms with Crippen LogP contribution in [-0.4, -0.2) is 17.1 Å². The summed E-state index contributed by atoms with van der Waals surface area (Å²) in [7, 11) is 0. The van der Waals surface area contributed by atoms with Crippen LogP contribution in [-0.2, 0) is 11.0 Å². The molecule has 0 aliphatic carbocycles. The highest BCUT2D eigenvalue weighted by Gasteiger charge is 2.39. The number of hydrogen-bond acceptors (Lipinski definition) is 2. The molecule has 0 saturated heterocycles. The number of carbonyl (C=O) groups excluding carboxylic acids is 1. The van der Waals surface area contributed by atoms with Crippen molar-refractivity contribution in [3.05, 3.63) is 41.0 Å². The van der Waals surface area contributed by atoms with E-state index in [4.69, 9.17) is 5.11 Å². The molecule has 0 unspecified atom stereocenters.